The van der Waals surface area contributed by atoms with Crippen LogP contribution in [0.3, 0.4) is 0 Å². The van der Waals surface area contributed by atoms with Crippen molar-refractivity contribution in [3.05, 3.63) is 115 Å². The number of hydrogen-bond acceptors (Lipinski definition) is 1. The molecule has 8 radical (unpaired) electrons. The maximum absolute atomic E-state index is 10.4. The van der Waals surface area contributed by atoms with Crippen LogP contribution in [-0.2, 0) is 0 Å². The van der Waals surface area contributed by atoms with Crippen molar-refractivity contribution in [1.29, 1.82) is 0 Å². The Morgan fingerprint density at radius 1 is 0.366 bits per heavy atom. The van der Waals surface area contributed by atoms with Gasteiger partial charge in [0.1, 0.15) is 31.4 Å². The van der Waals surface area contributed by atoms with Gasteiger partial charge in [0.15, 0.2) is 0 Å². The molecular weight excluding hydrogens is 492 g/mol. The minimum Gasteiger partial charge on any atom is -0.509 e. The molecule has 1 nitrogen and oxygen atoms in total. The lowest BCUT2D eigenvalue weighted by Crippen LogP contribution is -2.42. The molecule has 0 aromatic heterocycles. The summed E-state index contributed by atoms with van der Waals surface area (Å²) in [7, 11) is 25.4. The third-order valence-corrected chi connectivity index (χ3v) is 8.08. The quantitative estimate of drug-likeness (QED) is 0.261. The molecule has 41 heavy (non-hydrogen) atoms. The molecule has 0 aliphatic heterocycles. The van der Waals surface area contributed by atoms with Gasteiger partial charge in [0.05, 0.1) is 5.75 Å². The number of phenolic OH excluding ortho intramolecular Hbond substituents is 1. The van der Waals surface area contributed by atoms with E-state index in [9.17, 15) is 5.11 Å². The number of benzene rings is 7. The van der Waals surface area contributed by atoms with Crippen LogP contribution in [0.4, 0.5) is 0 Å². The average molecular weight is 512 g/mol. The third-order valence-electron chi connectivity index (χ3n) is 8.08. The number of rotatable bonds is 3. The zero-order chi connectivity index (χ0) is 28.2. The van der Waals surface area contributed by atoms with Gasteiger partial charge in [-0.15, -0.1) is 0 Å². The Bertz CT molecular complexity index is 2060. The van der Waals surface area contributed by atoms with E-state index in [0.29, 0.717) is 5.56 Å². The monoisotopic (exact) mass is 512 g/mol. The van der Waals surface area contributed by atoms with E-state index in [1.807, 2.05) is 24.3 Å². The Morgan fingerprint density at radius 3 is 1.37 bits per heavy atom. The summed E-state index contributed by atoms with van der Waals surface area (Å²) in [6.45, 7) is 0. The van der Waals surface area contributed by atoms with Crippen LogP contribution in [0.2, 0.25) is 0 Å². The average Bonchev–Trinajstić information content (AvgIpc) is 3.02. The largest absolute Gasteiger partial charge is 0.509 e. The van der Waals surface area contributed by atoms with Crippen molar-refractivity contribution in [2.24, 2.45) is 0 Å². The molecule has 1 N–H and O–H groups in total. The predicted octanol–water partition coefficient (Wildman–Crippen LogP) is 5.03. The molecule has 0 heterocycles. The molecule has 0 aliphatic carbocycles. The van der Waals surface area contributed by atoms with Gasteiger partial charge in [0.2, 0.25) is 0 Å². The van der Waals surface area contributed by atoms with Gasteiger partial charge in [0, 0.05) is 0 Å². The lowest BCUT2D eigenvalue weighted by molar-refractivity contribution is 0.484. The highest BCUT2D eigenvalue weighted by Gasteiger charge is 2.21. The first-order valence-corrected chi connectivity index (χ1v) is 13.4. The molecule has 0 saturated heterocycles. The fourth-order valence-corrected chi connectivity index (χ4v) is 6.09. The van der Waals surface area contributed by atoms with Crippen LogP contribution in [0.25, 0.3) is 65.7 Å². The summed E-state index contributed by atoms with van der Waals surface area (Å²) >= 11 is 0. The van der Waals surface area contributed by atoms with Crippen LogP contribution in [0.15, 0.2) is 115 Å². The van der Waals surface area contributed by atoms with E-state index in [0.717, 1.165) is 43.8 Å². The topological polar surface area (TPSA) is 20.2 Å². The Balaban J connectivity index is 1.51. The van der Waals surface area contributed by atoms with Crippen LogP contribution >= 0.6 is 0 Å². The Morgan fingerprint density at radius 2 is 0.805 bits per heavy atom. The first-order valence-electron chi connectivity index (χ1n) is 13.4. The number of phenols is 1. The predicted molar refractivity (Wildman–Crippen MR) is 178 cm³/mol. The van der Waals surface area contributed by atoms with Gasteiger partial charge in [-0.2, -0.15) is 0 Å². The van der Waals surface area contributed by atoms with Gasteiger partial charge in [-0.25, -0.2) is 0 Å². The van der Waals surface area contributed by atoms with Crippen molar-refractivity contribution < 1.29 is 5.11 Å². The lowest BCUT2D eigenvalue weighted by atomic mass is 9.64. The summed E-state index contributed by atoms with van der Waals surface area (Å²) in [5.74, 6) is -0.291. The van der Waals surface area contributed by atoms with E-state index in [1.165, 1.54) is 16.3 Å². The van der Waals surface area contributed by atoms with Crippen LogP contribution < -0.4 is 21.9 Å². The molecule has 0 fully saturated rings. The molecule has 0 unspecified atom stereocenters. The summed E-state index contributed by atoms with van der Waals surface area (Å²) < 4.78 is 0. The van der Waals surface area contributed by atoms with Gasteiger partial charge < -0.3 is 5.11 Å². The highest BCUT2D eigenvalue weighted by Crippen LogP contribution is 2.43. The smallest absolute Gasteiger partial charge is 0.118 e. The second-order valence-corrected chi connectivity index (χ2v) is 10.3. The van der Waals surface area contributed by atoms with E-state index >= 15 is 0 Å². The number of fused-ring (bicyclic) bond motifs is 3. The van der Waals surface area contributed by atoms with Crippen LogP contribution in [0, 0.1) is 0 Å². The molecule has 0 saturated carbocycles. The summed E-state index contributed by atoms with van der Waals surface area (Å²) in [4.78, 5) is 0. The zero-order valence-corrected chi connectivity index (χ0v) is 22.2. The zero-order valence-electron chi connectivity index (χ0n) is 22.2. The molecule has 0 aliphatic rings. The highest BCUT2D eigenvalue weighted by atomic mass is 16.3. The molecule has 0 atom stereocenters. The number of aromatic hydroxyl groups is 1. The third kappa shape index (κ3) is 3.91. The molecular formula is C36H20B4O. The number of hydrogen-bond donors (Lipinski definition) is 1. The van der Waals surface area contributed by atoms with Crippen LogP contribution in [0.5, 0.6) is 5.75 Å². The molecule has 7 rings (SSSR count). The molecule has 5 heteroatoms. The molecule has 0 spiro atoms. The summed E-state index contributed by atoms with van der Waals surface area (Å²) in [6.07, 6.45) is 0. The Hall–Kier alpha value is -4.62. The minimum atomic E-state index is -0.291. The van der Waals surface area contributed by atoms with Gasteiger partial charge in [0.25, 0.3) is 0 Å². The molecule has 7 aromatic carbocycles. The van der Waals surface area contributed by atoms with Gasteiger partial charge in [-0.3, -0.25) is 0 Å². The van der Waals surface area contributed by atoms with Crippen molar-refractivity contribution >= 4 is 85.6 Å². The summed E-state index contributed by atoms with van der Waals surface area (Å²) in [6, 6.07) is 40.0. The second-order valence-electron chi connectivity index (χ2n) is 10.3. The normalized spacial score (nSPS) is 11.4. The fourth-order valence-electron chi connectivity index (χ4n) is 6.09. The lowest BCUT2D eigenvalue weighted by Gasteiger charge is -2.24. The minimum absolute atomic E-state index is 0.0213. The molecule has 7 aromatic rings. The van der Waals surface area contributed by atoms with E-state index in [-0.39, 0.29) is 27.6 Å². The highest BCUT2D eigenvalue weighted by molar-refractivity contribution is 6.61. The van der Waals surface area contributed by atoms with Crippen LogP contribution in [0.1, 0.15) is 0 Å². The molecule has 182 valence electrons. The summed E-state index contributed by atoms with van der Waals surface area (Å²) in [5, 5.41) is 16.9. The Labute approximate surface area is 244 Å². The standard InChI is InChI=1S/C36H20B4O/c37-32-31(33(38)35(40)36(41)34(32)39)30-27-13-5-3-11-25(27)29(26-12-4-6-14-28(26)30)22-18-16-21(17-19-22)24-15-7-9-20-8-1-2-10-23(20)24/h1-19,41H. The van der Waals surface area contributed by atoms with E-state index < -0.39 is 0 Å². The van der Waals surface area contributed by atoms with Crippen molar-refractivity contribution in [1.82, 2.24) is 0 Å². The summed E-state index contributed by atoms with van der Waals surface area (Å²) in [5.41, 5.74) is 6.39. The molecule has 0 amide bonds. The Kier molecular flexibility index (Phi) is 6.05. The van der Waals surface area contributed by atoms with Gasteiger partial charge in [-0.05, 0) is 65.7 Å². The van der Waals surface area contributed by atoms with E-state index in [1.54, 1.807) is 0 Å². The van der Waals surface area contributed by atoms with Gasteiger partial charge >= 0.3 is 0 Å². The SMILES string of the molecule is [B]c1c([B])c(-c2c3ccccc3c(-c3ccc(-c4cccc5ccccc45)cc3)c3ccccc23)c([B])c([B])c1O. The van der Waals surface area contributed by atoms with E-state index in [4.69, 9.17) is 31.4 Å². The van der Waals surface area contributed by atoms with Crippen LogP contribution in [-0.4, -0.2) is 36.5 Å². The van der Waals surface area contributed by atoms with Crippen molar-refractivity contribution in [2.75, 3.05) is 0 Å². The second kappa shape index (κ2) is 9.78. The maximum atomic E-state index is 10.4. The van der Waals surface area contributed by atoms with Crippen molar-refractivity contribution in [3.63, 3.8) is 0 Å². The fraction of sp³-hybridized carbons (Fsp3) is 0. The maximum Gasteiger partial charge on any atom is 0.118 e. The van der Waals surface area contributed by atoms with Crippen molar-refractivity contribution in [3.8, 4) is 39.1 Å². The molecule has 0 bridgehead atoms. The first-order chi connectivity index (χ1) is 20.0. The first kappa shape index (κ1) is 25.4. The van der Waals surface area contributed by atoms with Gasteiger partial charge in [-0.1, -0.05) is 137 Å². The van der Waals surface area contributed by atoms with Crippen molar-refractivity contribution in [2.45, 2.75) is 0 Å². The van der Waals surface area contributed by atoms with E-state index in [2.05, 4.69) is 91.0 Å².